The van der Waals surface area contributed by atoms with Crippen molar-refractivity contribution in [3.63, 3.8) is 0 Å². The number of aryl methyl sites for hydroxylation is 1. The summed E-state index contributed by atoms with van der Waals surface area (Å²) in [5, 5.41) is 1.84. The predicted octanol–water partition coefficient (Wildman–Crippen LogP) is 5.53. The number of benzene rings is 2. The molecule has 2 rings (SSSR count). The van der Waals surface area contributed by atoms with E-state index in [-0.39, 0.29) is 0 Å². The molecule has 0 amide bonds. The highest BCUT2D eigenvalue weighted by Gasteiger charge is 2.07. The van der Waals surface area contributed by atoms with Crippen molar-refractivity contribution in [2.75, 3.05) is 0 Å². The van der Waals surface area contributed by atoms with Crippen LogP contribution in [0.1, 0.15) is 11.1 Å². The summed E-state index contributed by atoms with van der Waals surface area (Å²) >= 11 is 18.1. The van der Waals surface area contributed by atoms with Gasteiger partial charge in [-0.15, -0.1) is 0 Å². The van der Waals surface area contributed by atoms with E-state index in [1.807, 2.05) is 19.1 Å². The smallest absolute Gasteiger partial charge is 0.124 e. The lowest BCUT2D eigenvalue weighted by Gasteiger charge is -2.11. The van der Waals surface area contributed by atoms with Crippen molar-refractivity contribution in [3.8, 4) is 5.75 Å². The second-order valence-corrected chi connectivity index (χ2v) is 5.15. The molecule has 0 aliphatic rings. The molecule has 94 valence electrons. The van der Waals surface area contributed by atoms with Crippen LogP contribution in [-0.4, -0.2) is 0 Å². The summed E-state index contributed by atoms with van der Waals surface area (Å²) < 4.78 is 5.71. The van der Waals surface area contributed by atoms with Gasteiger partial charge in [-0.1, -0.05) is 46.9 Å². The SMILES string of the molecule is Cc1ccc(Cl)cc1OCc1c(Cl)cccc1Cl. The maximum Gasteiger partial charge on any atom is 0.124 e. The van der Waals surface area contributed by atoms with Crippen LogP contribution in [0.15, 0.2) is 36.4 Å². The van der Waals surface area contributed by atoms with Crippen molar-refractivity contribution >= 4 is 34.8 Å². The lowest BCUT2D eigenvalue weighted by molar-refractivity contribution is 0.304. The van der Waals surface area contributed by atoms with Crippen molar-refractivity contribution in [1.29, 1.82) is 0 Å². The Labute approximate surface area is 121 Å². The zero-order valence-electron chi connectivity index (χ0n) is 9.71. The highest BCUT2D eigenvalue weighted by Crippen LogP contribution is 2.28. The van der Waals surface area contributed by atoms with Crippen LogP contribution in [0.5, 0.6) is 5.75 Å². The molecular weight excluding hydrogens is 291 g/mol. The van der Waals surface area contributed by atoms with E-state index in [9.17, 15) is 0 Å². The Morgan fingerprint density at radius 1 is 1.00 bits per heavy atom. The van der Waals surface area contributed by atoms with Gasteiger partial charge in [0.15, 0.2) is 0 Å². The molecule has 2 aromatic rings. The van der Waals surface area contributed by atoms with Crippen molar-refractivity contribution < 1.29 is 4.74 Å². The third kappa shape index (κ3) is 3.11. The Morgan fingerprint density at radius 2 is 1.67 bits per heavy atom. The Balaban J connectivity index is 2.19. The quantitative estimate of drug-likeness (QED) is 0.724. The first-order chi connectivity index (χ1) is 8.58. The van der Waals surface area contributed by atoms with E-state index in [2.05, 4.69) is 0 Å². The number of halogens is 3. The minimum absolute atomic E-state index is 0.319. The van der Waals surface area contributed by atoms with Crippen LogP contribution in [0.25, 0.3) is 0 Å². The normalized spacial score (nSPS) is 10.4. The summed E-state index contributed by atoms with van der Waals surface area (Å²) in [5.41, 5.74) is 1.79. The van der Waals surface area contributed by atoms with Crippen LogP contribution in [-0.2, 0) is 6.61 Å². The average Bonchev–Trinajstić information content (AvgIpc) is 2.33. The number of hydrogen-bond donors (Lipinski definition) is 0. The zero-order chi connectivity index (χ0) is 13.1. The molecule has 0 radical (unpaired) electrons. The third-order valence-electron chi connectivity index (χ3n) is 2.58. The zero-order valence-corrected chi connectivity index (χ0v) is 12.0. The minimum Gasteiger partial charge on any atom is -0.488 e. The second kappa shape index (κ2) is 5.83. The third-order valence-corrected chi connectivity index (χ3v) is 3.53. The molecule has 18 heavy (non-hydrogen) atoms. The fourth-order valence-corrected chi connectivity index (χ4v) is 2.22. The van der Waals surface area contributed by atoms with Gasteiger partial charge in [-0.2, -0.15) is 0 Å². The lowest BCUT2D eigenvalue weighted by atomic mass is 10.2. The van der Waals surface area contributed by atoms with E-state index >= 15 is 0 Å². The van der Waals surface area contributed by atoms with Gasteiger partial charge in [0, 0.05) is 20.6 Å². The average molecular weight is 302 g/mol. The molecule has 0 atom stereocenters. The first-order valence-corrected chi connectivity index (χ1v) is 6.53. The van der Waals surface area contributed by atoms with Crippen molar-refractivity contribution in [3.05, 3.63) is 62.6 Å². The fraction of sp³-hybridized carbons (Fsp3) is 0.143. The van der Waals surface area contributed by atoms with Gasteiger partial charge < -0.3 is 4.74 Å². The molecular formula is C14H11Cl3O. The summed E-state index contributed by atoms with van der Waals surface area (Å²) in [6.07, 6.45) is 0. The van der Waals surface area contributed by atoms with Crippen LogP contribution in [0.4, 0.5) is 0 Å². The van der Waals surface area contributed by atoms with Crippen molar-refractivity contribution in [1.82, 2.24) is 0 Å². The molecule has 0 saturated heterocycles. The van der Waals surface area contributed by atoms with Crippen LogP contribution in [0.3, 0.4) is 0 Å². The van der Waals surface area contributed by atoms with Crippen molar-refractivity contribution in [2.45, 2.75) is 13.5 Å². The van der Waals surface area contributed by atoms with Crippen LogP contribution in [0, 0.1) is 6.92 Å². The molecule has 0 aliphatic carbocycles. The molecule has 0 aliphatic heterocycles. The van der Waals surface area contributed by atoms with E-state index in [1.54, 1.807) is 24.3 Å². The first-order valence-electron chi connectivity index (χ1n) is 5.40. The minimum atomic E-state index is 0.319. The molecule has 1 nitrogen and oxygen atoms in total. The topological polar surface area (TPSA) is 9.23 Å². The number of ether oxygens (including phenoxy) is 1. The van der Waals surface area contributed by atoms with Crippen LogP contribution in [0.2, 0.25) is 15.1 Å². The van der Waals surface area contributed by atoms with E-state index in [4.69, 9.17) is 39.5 Å². The predicted molar refractivity (Wildman–Crippen MR) is 77.0 cm³/mol. The monoisotopic (exact) mass is 300 g/mol. The molecule has 0 spiro atoms. The van der Waals surface area contributed by atoms with E-state index in [1.165, 1.54) is 0 Å². The molecule has 0 saturated carbocycles. The molecule has 4 heteroatoms. The van der Waals surface area contributed by atoms with Gasteiger partial charge >= 0.3 is 0 Å². The highest BCUT2D eigenvalue weighted by atomic mass is 35.5. The van der Waals surface area contributed by atoms with E-state index < -0.39 is 0 Å². The Kier molecular flexibility index (Phi) is 4.39. The largest absolute Gasteiger partial charge is 0.488 e. The van der Waals surface area contributed by atoms with Crippen molar-refractivity contribution in [2.24, 2.45) is 0 Å². The maximum atomic E-state index is 6.08. The molecule has 0 fully saturated rings. The molecule has 0 unspecified atom stereocenters. The highest BCUT2D eigenvalue weighted by molar-refractivity contribution is 6.36. The first kappa shape index (κ1) is 13.5. The molecule has 2 aromatic carbocycles. The van der Waals surface area contributed by atoms with Gasteiger partial charge in [-0.25, -0.2) is 0 Å². The van der Waals surface area contributed by atoms with Gasteiger partial charge in [0.1, 0.15) is 12.4 Å². The standard InChI is InChI=1S/C14H11Cl3O/c1-9-5-6-10(15)7-14(9)18-8-11-12(16)3-2-4-13(11)17/h2-7H,8H2,1H3. The van der Waals surface area contributed by atoms with Crippen LogP contribution < -0.4 is 4.74 Å². The number of rotatable bonds is 3. The fourth-order valence-electron chi connectivity index (χ4n) is 1.55. The second-order valence-electron chi connectivity index (χ2n) is 3.90. The molecule has 0 N–H and O–H groups in total. The van der Waals surface area contributed by atoms with E-state index in [0.29, 0.717) is 21.7 Å². The van der Waals surface area contributed by atoms with Crippen LogP contribution >= 0.6 is 34.8 Å². The van der Waals surface area contributed by atoms with Gasteiger partial charge in [-0.3, -0.25) is 0 Å². The van der Waals surface area contributed by atoms with E-state index in [0.717, 1.165) is 16.9 Å². The van der Waals surface area contributed by atoms with Gasteiger partial charge in [0.2, 0.25) is 0 Å². The number of hydrogen-bond acceptors (Lipinski definition) is 1. The summed E-state index contributed by atoms with van der Waals surface area (Å²) in [5.74, 6) is 0.735. The van der Waals surface area contributed by atoms with Gasteiger partial charge in [-0.05, 0) is 36.8 Å². The Hall–Kier alpha value is -0.890. The summed E-state index contributed by atoms with van der Waals surface area (Å²) in [6, 6.07) is 10.9. The molecule has 0 aromatic heterocycles. The van der Waals surface area contributed by atoms with Gasteiger partial charge in [0.25, 0.3) is 0 Å². The van der Waals surface area contributed by atoms with Gasteiger partial charge in [0.05, 0.1) is 0 Å². The molecule has 0 bridgehead atoms. The Morgan fingerprint density at radius 3 is 2.33 bits per heavy atom. The Bertz CT molecular complexity index is 547. The maximum absolute atomic E-state index is 6.08. The molecule has 0 heterocycles. The summed E-state index contributed by atoms with van der Waals surface area (Å²) in [4.78, 5) is 0. The summed E-state index contributed by atoms with van der Waals surface area (Å²) in [7, 11) is 0. The summed E-state index contributed by atoms with van der Waals surface area (Å²) in [6.45, 7) is 2.28. The lowest BCUT2D eigenvalue weighted by Crippen LogP contribution is -1.98.